The number of nitrogens with zero attached hydrogens (tertiary/aromatic N) is 1. The van der Waals surface area contributed by atoms with E-state index in [2.05, 4.69) is 241 Å². The Morgan fingerprint density at radius 2 is 0.750 bits per heavy atom. The Morgan fingerprint density at radius 1 is 0.309 bits per heavy atom. The second-order valence-corrected chi connectivity index (χ2v) is 19.0. The molecular formula is C66H39NO. The molecule has 0 fully saturated rings. The Balaban J connectivity index is 1.07. The summed E-state index contributed by atoms with van der Waals surface area (Å²) in [5, 5.41) is 4.59. The molecule has 0 amide bonds. The Bertz CT molecular complexity index is 4060. The van der Waals surface area contributed by atoms with E-state index in [-0.39, 0.29) is 0 Å². The third-order valence-corrected chi connectivity index (χ3v) is 16.1. The van der Waals surface area contributed by atoms with Gasteiger partial charge in [0.25, 0.3) is 0 Å². The maximum absolute atomic E-state index is 7.21. The molecule has 68 heavy (non-hydrogen) atoms. The minimum absolute atomic E-state index is 0.516. The number of benzene rings is 11. The highest BCUT2D eigenvalue weighted by Gasteiger charge is 2.54. The molecule has 0 radical (unpaired) electrons. The van der Waals surface area contributed by atoms with Crippen LogP contribution in [0.3, 0.4) is 0 Å². The molecule has 0 unspecified atom stereocenters. The summed E-state index contributed by atoms with van der Waals surface area (Å²) in [4.78, 5) is 2.57. The lowest BCUT2D eigenvalue weighted by molar-refractivity contribution is 0.669. The monoisotopic (exact) mass is 861 g/mol. The van der Waals surface area contributed by atoms with Gasteiger partial charge in [0.2, 0.25) is 0 Å². The fraction of sp³-hybridized carbons (Fsp3) is 0.0303. The molecule has 0 aliphatic heterocycles. The van der Waals surface area contributed by atoms with Gasteiger partial charge in [-0.2, -0.15) is 0 Å². The van der Waals surface area contributed by atoms with Crippen LogP contribution in [0.4, 0.5) is 17.1 Å². The second kappa shape index (κ2) is 13.0. The summed E-state index contributed by atoms with van der Waals surface area (Å²) >= 11 is 0. The standard InChI is InChI=1S/C66H39NO/c1-2-19-42-40(18-1)38-60(64-62(42)51-26-9-16-35-61(51)68-64)67(41-36-37-49-47-24-5-12-30-54(47)65(58(49)39-41)52-28-10-3-20-43(52)44-21-4-11-29-53(44)65)59-34-17-27-50-48-25-8-15-33-57(48)66(63(50)59)55-31-13-6-22-45(55)46-23-7-14-32-56(46)66/h1-39H. The summed E-state index contributed by atoms with van der Waals surface area (Å²) in [5.41, 5.74) is 24.6. The van der Waals surface area contributed by atoms with Crippen molar-refractivity contribution in [3.8, 4) is 44.5 Å². The number of furan rings is 1. The van der Waals surface area contributed by atoms with Gasteiger partial charge in [0.05, 0.1) is 22.2 Å². The van der Waals surface area contributed by atoms with Gasteiger partial charge >= 0.3 is 0 Å². The van der Waals surface area contributed by atoms with Gasteiger partial charge in [0, 0.05) is 22.0 Å². The van der Waals surface area contributed by atoms with Crippen LogP contribution < -0.4 is 4.90 Å². The molecule has 4 aliphatic rings. The highest BCUT2D eigenvalue weighted by Crippen LogP contribution is 2.67. The van der Waals surface area contributed by atoms with Crippen LogP contribution in [0, 0.1) is 0 Å². The van der Waals surface area contributed by atoms with E-state index in [0.717, 1.165) is 44.4 Å². The molecule has 0 saturated heterocycles. The highest BCUT2D eigenvalue weighted by molar-refractivity contribution is 6.23. The number of hydrogen-bond donors (Lipinski definition) is 0. The second-order valence-electron chi connectivity index (χ2n) is 19.0. The molecule has 314 valence electrons. The largest absolute Gasteiger partial charge is 0.454 e. The molecule has 0 N–H and O–H groups in total. The van der Waals surface area contributed by atoms with E-state index >= 15 is 0 Å². The van der Waals surface area contributed by atoms with Crippen LogP contribution >= 0.6 is 0 Å². The van der Waals surface area contributed by atoms with E-state index in [1.807, 2.05) is 0 Å². The van der Waals surface area contributed by atoms with Gasteiger partial charge in [-0.05, 0) is 125 Å². The molecule has 1 heterocycles. The molecule has 2 spiro atoms. The lowest BCUT2D eigenvalue weighted by atomic mass is 9.69. The zero-order valence-corrected chi connectivity index (χ0v) is 36.9. The van der Waals surface area contributed by atoms with Gasteiger partial charge in [-0.15, -0.1) is 0 Å². The number of hydrogen-bond acceptors (Lipinski definition) is 2. The topological polar surface area (TPSA) is 16.4 Å². The van der Waals surface area contributed by atoms with Crippen LogP contribution in [0.2, 0.25) is 0 Å². The van der Waals surface area contributed by atoms with Crippen molar-refractivity contribution in [1.29, 1.82) is 0 Å². The number of para-hydroxylation sites is 1. The smallest absolute Gasteiger partial charge is 0.160 e. The SMILES string of the molecule is c1ccc2c(c1)-c1ccccc1C21c2ccccc2-c2ccc(N(c3cccc4c3C3(c5ccccc5-c5ccccc53)c3ccccc3-4)c3cc4ccccc4c4c3oc3ccccc34)cc21. The number of fused-ring (bicyclic) bond motifs is 25. The van der Waals surface area contributed by atoms with Crippen molar-refractivity contribution in [2.24, 2.45) is 0 Å². The molecule has 2 nitrogen and oxygen atoms in total. The summed E-state index contributed by atoms with van der Waals surface area (Å²) in [6.07, 6.45) is 0. The van der Waals surface area contributed by atoms with Gasteiger partial charge in [-0.25, -0.2) is 0 Å². The van der Waals surface area contributed by atoms with Gasteiger partial charge < -0.3 is 9.32 Å². The van der Waals surface area contributed by atoms with E-state index < -0.39 is 10.8 Å². The quantitative estimate of drug-likeness (QED) is 0.176. The van der Waals surface area contributed by atoms with E-state index in [1.54, 1.807) is 0 Å². The first kappa shape index (κ1) is 36.5. The van der Waals surface area contributed by atoms with Crippen LogP contribution in [0.1, 0.15) is 44.5 Å². The summed E-state index contributed by atoms with van der Waals surface area (Å²) in [7, 11) is 0. The first-order valence-electron chi connectivity index (χ1n) is 23.8. The van der Waals surface area contributed by atoms with Crippen LogP contribution in [0.15, 0.2) is 241 Å². The zero-order valence-electron chi connectivity index (χ0n) is 36.9. The Hall–Kier alpha value is -8.72. The highest BCUT2D eigenvalue weighted by atomic mass is 16.3. The van der Waals surface area contributed by atoms with Crippen molar-refractivity contribution in [1.82, 2.24) is 0 Å². The maximum atomic E-state index is 7.21. The van der Waals surface area contributed by atoms with Crippen molar-refractivity contribution in [3.63, 3.8) is 0 Å². The molecule has 11 aromatic carbocycles. The maximum Gasteiger partial charge on any atom is 0.160 e. The zero-order chi connectivity index (χ0) is 44.3. The summed E-state index contributed by atoms with van der Waals surface area (Å²) in [5.74, 6) is 0. The normalized spacial score (nSPS) is 14.4. The minimum atomic E-state index is -0.588. The Labute approximate surface area is 393 Å². The molecule has 0 saturated carbocycles. The molecular weight excluding hydrogens is 823 g/mol. The predicted octanol–water partition coefficient (Wildman–Crippen LogP) is 16.9. The van der Waals surface area contributed by atoms with Crippen molar-refractivity contribution in [3.05, 3.63) is 281 Å². The minimum Gasteiger partial charge on any atom is -0.454 e. The van der Waals surface area contributed by atoms with Gasteiger partial charge in [0.1, 0.15) is 5.58 Å². The molecule has 4 aliphatic carbocycles. The number of rotatable bonds is 3. The fourth-order valence-electron chi connectivity index (χ4n) is 13.7. The molecule has 16 rings (SSSR count). The van der Waals surface area contributed by atoms with E-state index in [9.17, 15) is 0 Å². The van der Waals surface area contributed by atoms with E-state index in [4.69, 9.17) is 4.42 Å². The molecule has 0 bridgehead atoms. The van der Waals surface area contributed by atoms with Gasteiger partial charge in [-0.1, -0.05) is 206 Å². The lowest BCUT2D eigenvalue weighted by Gasteiger charge is -2.36. The van der Waals surface area contributed by atoms with Gasteiger partial charge in [0.15, 0.2) is 5.58 Å². The summed E-state index contributed by atoms with van der Waals surface area (Å²) < 4.78 is 7.21. The molecule has 0 atom stereocenters. The van der Waals surface area contributed by atoms with Crippen LogP contribution in [-0.2, 0) is 10.8 Å². The average Bonchev–Trinajstić information content (AvgIpc) is 4.18. The van der Waals surface area contributed by atoms with E-state index in [1.165, 1.54) is 94.4 Å². The first-order valence-corrected chi connectivity index (χ1v) is 23.8. The molecule has 12 aromatic rings. The van der Waals surface area contributed by atoms with Crippen LogP contribution in [0.5, 0.6) is 0 Å². The fourth-order valence-corrected chi connectivity index (χ4v) is 13.7. The molecule has 2 heteroatoms. The lowest BCUT2D eigenvalue weighted by Crippen LogP contribution is -2.28. The van der Waals surface area contributed by atoms with Crippen molar-refractivity contribution < 1.29 is 4.42 Å². The third-order valence-electron chi connectivity index (χ3n) is 16.1. The summed E-state index contributed by atoms with van der Waals surface area (Å²) in [6, 6.07) is 88.7. The predicted molar refractivity (Wildman–Crippen MR) is 279 cm³/mol. The Morgan fingerprint density at radius 3 is 1.32 bits per heavy atom. The van der Waals surface area contributed by atoms with Crippen LogP contribution in [0.25, 0.3) is 77.2 Å². The van der Waals surface area contributed by atoms with Crippen LogP contribution in [-0.4, -0.2) is 0 Å². The van der Waals surface area contributed by atoms with Crippen molar-refractivity contribution in [2.45, 2.75) is 10.8 Å². The first-order chi connectivity index (χ1) is 33.8. The van der Waals surface area contributed by atoms with Crippen molar-refractivity contribution >= 4 is 49.8 Å². The Kier molecular flexibility index (Phi) is 6.98. The summed E-state index contributed by atoms with van der Waals surface area (Å²) in [6.45, 7) is 0. The van der Waals surface area contributed by atoms with E-state index in [0.29, 0.717) is 0 Å². The average molecular weight is 862 g/mol. The van der Waals surface area contributed by atoms with Gasteiger partial charge in [-0.3, -0.25) is 0 Å². The number of anilines is 3. The molecule has 1 aromatic heterocycles. The van der Waals surface area contributed by atoms with Crippen molar-refractivity contribution in [2.75, 3.05) is 4.90 Å². The third kappa shape index (κ3) is 4.26.